The van der Waals surface area contributed by atoms with Gasteiger partial charge in [0.2, 0.25) is 0 Å². The van der Waals surface area contributed by atoms with Gasteiger partial charge in [-0.1, -0.05) is 41.5 Å². The van der Waals surface area contributed by atoms with Crippen molar-refractivity contribution in [1.29, 1.82) is 0 Å². The van der Waals surface area contributed by atoms with E-state index in [1.165, 1.54) is 0 Å². The molecule has 0 heterocycles. The summed E-state index contributed by atoms with van der Waals surface area (Å²) in [5, 5.41) is 10.5. The SMILES string of the molecule is CC(C)(C)c1cc(CO[PH+]=O)cc(C(C)(C)C)c1O. The van der Waals surface area contributed by atoms with Gasteiger partial charge in [-0.3, -0.25) is 0 Å². The van der Waals surface area contributed by atoms with E-state index in [2.05, 4.69) is 41.5 Å². The van der Waals surface area contributed by atoms with Gasteiger partial charge in [0.15, 0.2) is 0 Å². The summed E-state index contributed by atoms with van der Waals surface area (Å²) in [6, 6.07) is 3.87. The van der Waals surface area contributed by atoms with Crippen molar-refractivity contribution in [3.63, 3.8) is 0 Å². The van der Waals surface area contributed by atoms with Gasteiger partial charge in [0.25, 0.3) is 0 Å². The highest BCUT2D eigenvalue weighted by Gasteiger charge is 2.26. The molecule has 0 saturated carbocycles. The fraction of sp³-hybridized carbons (Fsp3) is 0.600. The van der Waals surface area contributed by atoms with Crippen molar-refractivity contribution in [2.75, 3.05) is 0 Å². The van der Waals surface area contributed by atoms with Gasteiger partial charge in [-0.25, -0.2) is 0 Å². The number of aromatic hydroxyl groups is 1. The molecule has 1 rings (SSSR count). The number of phenolic OH excluding ortho intramolecular Hbond substituents is 1. The van der Waals surface area contributed by atoms with E-state index in [0.717, 1.165) is 16.7 Å². The largest absolute Gasteiger partial charge is 0.507 e. The van der Waals surface area contributed by atoms with Gasteiger partial charge < -0.3 is 5.11 Å². The lowest BCUT2D eigenvalue weighted by Gasteiger charge is -2.28. The molecule has 4 heteroatoms. The first-order valence-electron chi connectivity index (χ1n) is 6.43. The summed E-state index contributed by atoms with van der Waals surface area (Å²) in [6.45, 7) is 12.7. The fourth-order valence-electron chi connectivity index (χ4n) is 2.03. The Morgan fingerprint density at radius 1 is 1.05 bits per heavy atom. The second-order valence-corrected chi connectivity index (χ2v) is 7.37. The Morgan fingerprint density at radius 3 is 1.79 bits per heavy atom. The molecule has 0 fully saturated rings. The van der Waals surface area contributed by atoms with Crippen LogP contribution in [-0.4, -0.2) is 5.11 Å². The average Bonchev–Trinajstić information content (AvgIpc) is 2.24. The van der Waals surface area contributed by atoms with Gasteiger partial charge in [0.05, 0.1) is 0 Å². The lowest BCUT2D eigenvalue weighted by atomic mass is 9.78. The van der Waals surface area contributed by atoms with Crippen LogP contribution in [0.1, 0.15) is 58.2 Å². The average molecular weight is 283 g/mol. The van der Waals surface area contributed by atoms with Crippen molar-refractivity contribution in [3.05, 3.63) is 28.8 Å². The Balaban J connectivity index is 3.43. The maximum Gasteiger partial charge on any atom is 0.494 e. The molecular weight excluding hydrogens is 259 g/mol. The van der Waals surface area contributed by atoms with Crippen LogP contribution in [0.2, 0.25) is 0 Å². The molecule has 0 aliphatic rings. The number of phenols is 1. The molecule has 1 N–H and O–H groups in total. The normalized spacial score (nSPS) is 12.9. The Hall–Kier alpha value is -0.920. The van der Waals surface area contributed by atoms with Gasteiger partial charge >= 0.3 is 8.69 Å². The van der Waals surface area contributed by atoms with Gasteiger partial charge in [-0.05, 0) is 44.2 Å². The second kappa shape index (κ2) is 5.60. The molecule has 0 saturated heterocycles. The number of rotatable bonds is 3. The highest BCUT2D eigenvalue weighted by molar-refractivity contribution is 7.17. The van der Waals surface area contributed by atoms with Crippen LogP contribution in [-0.2, 0) is 26.5 Å². The Morgan fingerprint density at radius 2 is 1.47 bits per heavy atom. The summed E-state index contributed by atoms with van der Waals surface area (Å²) < 4.78 is 15.5. The number of hydrogen-bond donors (Lipinski definition) is 1. The second-order valence-electron chi connectivity index (χ2n) is 6.91. The van der Waals surface area contributed by atoms with E-state index in [1.54, 1.807) is 0 Å². The first-order chi connectivity index (χ1) is 8.57. The molecule has 0 radical (unpaired) electrons. The van der Waals surface area contributed by atoms with Crippen molar-refractivity contribution in [2.24, 2.45) is 0 Å². The topological polar surface area (TPSA) is 46.5 Å². The Labute approximate surface area is 117 Å². The molecule has 3 nitrogen and oxygen atoms in total. The van der Waals surface area contributed by atoms with Gasteiger partial charge in [-0.15, -0.1) is 4.52 Å². The number of benzene rings is 1. The third-order valence-electron chi connectivity index (χ3n) is 3.08. The maximum absolute atomic E-state index is 10.5. The molecule has 0 bridgehead atoms. The van der Waals surface area contributed by atoms with Crippen LogP contribution in [0, 0.1) is 0 Å². The monoisotopic (exact) mass is 283 g/mol. The van der Waals surface area contributed by atoms with Crippen LogP contribution in [0.5, 0.6) is 5.75 Å². The van der Waals surface area contributed by atoms with Crippen LogP contribution in [0.4, 0.5) is 0 Å². The third kappa shape index (κ3) is 4.02. The highest BCUT2D eigenvalue weighted by Crippen LogP contribution is 2.39. The zero-order valence-electron chi connectivity index (χ0n) is 12.6. The molecule has 106 valence electrons. The summed E-state index contributed by atoms with van der Waals surface area (Å²) >= 11 is 0. The fourth-order valence-corrected chi connectivity index (χ4v) is 2.26. The zero-order valence-corrected chi connectivity index (χ0v) is 13.6. The van der Waals surface area contributed by atoms with E-state index in [1.807, 2.05) is 12.1 Å². The zero-order chi connectivity index (χ0) is 14.8. The summed E-state index contributed by atoms with van der Waals surface area (Å²) in [4.78, 5) is 0. The summed E-state index contributed by atoms with van der Waals surface area (Å²) in [7, 11) is -0.765. The minimum atomic E-state index is -0.765. The summed E-state index contributed by atoms with van der Waals surface area (Å²) in [5.74, 6) is 0.355. The molecule has 0 aliphatic carbocycles. The third-order valence-corrected chi connectivity index (χ3v) is 3.35. The van der Waals surface area contributed by atoms with E-state index >= 15 is 0 Å². The highest BCUT2D eigenvalue weighted by atomic mass is 31.1. The predicted octanol–water partition coefficient (Wildman–Crippen LogP) is 4.44. The quantitative estimate of drug-likeness (QED) is 0.834. The van der Waals surface area contributed by atoms with E-state index in [-0.39, 0.29) is 10.8 Å². The van der Waals surface area contributed by atoms with Gasteiger partial charge in [0, 0.05) is 0 Å². The molecule has 19 heavy (non-hydrogen) atoms. The van der Waals surface area contributed by atoms with Crippen molar-refractivity contribution < 1.29 is 14.2 Å². The number of hydrogen-bond acceptors (Lipinski definition) is 3. The van der Waals surface area contributed by atoms with Crippen molar-refractivity contribution in [2.45, 2.75) is 59.0 Å². The Bertz CT molecular complexity index is 432. The van der Waals surface area contributed by atoms with Gasteiger partial charge in [-0.2, -0.15) is 0 Å². The van der Waals surface area contributed by atoms with E-state index in [0.29, 0.717) is 12.4 Å². The summed E-state index contributed by atoms with van der Waals surface area (Å²) in [5.41, 5.74) is 2.43. The standard InChI is InChI=1S/C15H23O3P/c1-14(2,3)11-7-10(9-18-19-17)8-12(13(11)16)15(4,5)6/h7-8,19H,9H2,1-6H3/p+1. The van der Waals surface area contributed by atoms with Crippen molar-refractivity contribution >= 4 is 8.69 Å². The van der Waals surface area contributed by atoms with Crippen LogP contribution in [0.15, 0.2) is 12.1 Å². The molecule has 1 atom stereocenters. The van der Waals surface area contributed by atoms with Crippen LogP contribution >= 0.6 is 8.69 Å². The van der Waals surface area contributed by atoms with E-state index in [4.69, 9.17) is 4.52 Å². The Kier molecular flexibility index (Phi) is 4.76. The van der Waals surface area contributed by atoms with E-state index < -0.39 is 8.69 Å². The molecule has 0 amide bonds. The lowest BCUT2D eigenvalue weighted by Crippen LogP contribution is -2.18. The van der Waals surface area contributed by atoms with Crippen molar-refractivity contribution in [1.82, 2.24) is 0 Å². The molecule has 0 aromatic heterocycles. The van der Waals surface area contributed by atoms with E-state index in [9.17, 15) is 9.67 Å². The smallest absolute Gasteiger partial charge is 0.494 e. The van der Waals surface area contributed by atoms with Crippen LogP contribution in [0.25, 0.3) is 0 Å². The summed E-state index contributed by atoms with van der Waals surface area (Å²) in [6.07, 6.45) is 0. The predicted molar refractivity (Wildman–Crippen MR) is 79.3 cm³/mol. The molecule has 1 unspecified atom stereocenters. The maximum atomic E-state index is 10.5. The molecule has 1 aromatic carbocycles. The van der Waals surface area contributed by atoms with Crippen LogP contribution in [0.3, 0.4) is 0 Å². The lowest BCUT2D eigenvalue weighted by molar-refractivity contribution is 0.331. The van der Waals surface area contributed by atoms with Crippen molar-refractivity contribution in [3.8, 4) is 5.75 Å². The minimum absolute atomic E-state index is 0.153. The molecular formula is C15H24O3P+. The minimum Gasteiger partial charge on any atom is -0.507 e. The van der Waals surface area contributed by atoms with Crippen LogP contribution < -0.4 is 0 Å². The first-order valence-corrected chi connectivity index (χ1v) is 7.25. The first kappa shape index (κ1) is 16.1. The van der Waals surface area contributed by atoms with Gasteiger partial charge in [0.1, 0.15) is 12.4 Å². The molecule has 0 aliphatic heterocycles. The molecule has 0 spiro atoms. The molecule has 1 aromatic rings.